The summed E-state index contributed by atoms with van der Waals surface area (Å²) in [5, 5.41) is 6.42. The van der Waals surface area contributed by atoms with Gasteiger partial charge in [-0.25, -0.2) is 0 Å². The average Bonchev–Trinajstić information content (AvgIpc) is 3.58. The molecule has 2 aliphatic rings. The van der Waals surface area contributed by atoms with Crippen LogP contribution in [0.15, 0.2) is 48.5 Å². The van der Waals surface area contributed by atoms with Crippen LogP contribution in [0.2, 0.25) is 0 Å². The summed E-state index contributed by atoms with van der Waals surface area (Å²) in [6.45, 7) is 1.74. The van der Waals surface area contributed by atoms with Gasteiger partial charge in [-0.2, -0.15) is 0 Å². The van der Waals surface area contributed by atoms with Crippen molar-refractivity contribution in [3.8, 4) is 0 Å². The second-order valence-corrected chi connectivity index (χ2v) is 7.06. The van der Waals surface area contributed by atoms with Crippen molar-refractivity contribution in [2.24, 2.45) is 0 Å². The highest BCUT2D eigenvalue weighted by molar-refractivity contribution is 5.51. The molecule has 2 unspecified atom stereocenters. The molecule has 2 aliphatic heterocycles. The van der Waals surface area contributed by atoms with Crippen molar-refractivity contribution in [3.05, 3.63) is 59.7 Å². The van der Waals surface area contributed by atoms with Gasteiger partial charge in [0.15, 0.2) is 0 Å². The van der Waals surface area contributed by atoms with Gasteiger partial charge in [-0.1, -0.05) is 24.3 Å². The highest BCUT2D eigenvalue weighted by Crippen LogP contribution is 2.46. The van der Waals surface area contributed by atoms with Crippen LogP contribution in [0.25, 0.3) is 0 Å². The van der Waals surface area contributed by atoms with E-state index in [1.165, 1.54) is 11.1 Å². The Morgan fingerprint density at radius 1 is 0.760 bits per heavy atom. The predicted molar refractivity (Wildman–Crippen MR) is 101 cm³/mol. The summed E-state index contributed by atoms with van der Waals surface area (Å²) in [5.74, 6) is 0. The van der Waals surface area contributed by atoms with Crippen molar-refractivity contribution < 1.29 is 9.47 Å². The molecular formula is C21H26N2O2. The SMILES string of the molecule is CNc1ccc(C(CC2CO2)(CC2CO2)c2ccc(NC)cc2)cc1. The number of rotatable bonds is 8. The van der Waals surface area contributed by atoms with Gasteiger partial charge in [-0.15, -0.1) is 0 Å². The molecule has 2 saturated heterocycles. The van der Waals surface area contributed by atoms with E-state index in [0.717, 1.165) is 37.4 Å². The van der Waals surface area contributed by atoms with Crippen LogP contribution < -0.4 is 10.6 Å². The molecule has 4 rings (SSSR count). The summed E-state index contributed by atoms with van der Waals surface area (Å²) >= 11 is 0. The van der Waals surface area contributed by atoms with Gasteiger partial charge in [0.1, 0.15) is 0 Å². The van der Waals surface area contributed by atoms with Crippen molar-refractivity contribution >= 4 is 11.4 Å². The summed E-state index contributed by atoms with van der Waals surface area (Å²) in [6.07, 6.45) is 2.72. The van der Waals surface area contributed by atoms with E-state index in [9.17, 15) is 0 Å². The van der Waals surface area contributed by atoms with Crippen LogP contribution in [-0.2, 0) is 14.9 Å². The summed E-state index contributed by atoms with van der Waals surface area (Å²) < 4.78 is 11.3. The Morgan fingerprint density at radius 2 is 1.12 bits per heavy atom. The summed E-state index contributed by atoms with van der Waals surface area (Å²) in [7, 11) is 3.91. The Balaban J connectivity index is 1.77. The Labute approximate surface area is 149 Å². The van der Waals surface area contributed by atoms with E-state index in [1.807, 2.05) is 14.1 Å². The van der Waals surface area contributed by atoms with E-state index < -0.39 is 0 Å². The molecule has 4 nitrogen and oxygen atoms in total. The minimum Gasteiger partial charge on any atom is -0.388 e. The molecule has 0 saturated carbocycles. The van der Waals surface area contributed by atoms with E-state index in [1.54, 1.807) is 0 Å². The normalized spacial score (nSPS) is 21.7. The van der Waals surface area contributed by atoms with Crippen LogP contribution >= 0.6 is 0 Å². The third kappa shape index (κ3) is 3.51. The Kier molecular flexibility index (Phi) is 4.40. The minimum absolute atomic E-state index is 0.0686. The van der Waals surface area contributed by atoms with E-state index in [2.05, 4.69) is 59.2 Å². The van der Waals surface area contributed by atoms with Crippen molar-refractivity contribution in [3.63, 3.8) is 0 Å². The smallest absolute Gasteiger partial charge is 0.0821 e. The quantitative estimate of drug-likeness (QED) is 0.722. The molecule has 0 radical (unpaired) electrons. The molecule has 2 aromatic carbocycles. The number of hydrogen-bond donors (Lipinski definition) is 2. The number of anilines is 2. The van der Waals surface area contributed by atoms with E-state index >= 15 is 0 Å². The zero-order valence-electron chi connectivity index (χ0n) is 14.9. The summed E-state index contributed by atoms with van der Waals surface area (Å²) in [6, 6.07) is 17.7. The van der Waals surface area contributed by atoms with Crippen LogP contribution in [0.5, 0.6) is 0 Å². The first kappa shape index (κ1) is 16.4. The first-order valence-corrected chi connectivity index (χ1v) is 9.03. The molecule has 25 heavy (non-hydrogen) atoms. The highest BCUT2D eigenvalue weighted by atomic mass is 16.6. The van der Waals surface area contributed by atoms with Gasteiger partial charge in [0.2, 0.25) is 0 Å². The van der Waals surface area contributed by atoms with Gasteiger partial charge in [0.25, 0.3) is 0 Å². The molecule has 2 N–H and O–H groups in total. The standard InChI is InChI=1S/C21H26N2O2/c1-22-17-7-3-15(4-8-17)21(11-19-13-24-19,12-20-14-25-20)16-5-9-18(23-2)10-6-16/h3-10,19-20,22-23H,11-14H2,1-2H3. The predicted octanol–water partition coefficient (Wildman–Crippen LogP) is 3.63. The second-order valence-electron chi connectivity index (χ2n) is 7.06. The Bertz CT molecular complexity index is 640. The van der Waals surface area contributed by atoms with Crippen LogP contribution in [0.1, 0.15) is 24.0 Å². The highest BCUT2D eigenvalue weighted by Gasteiger charge is 2.44. The molecule has 0 amide bonds. The van der Waals surface area contributed by atoms with Crippen LogP contribution in [0, 0.1) is 0 Å². The second kappa shape index (κ2) is 6.70. The van der Waals surface area contributed by atoms with Gasteiger partial charge < -0.3 is 20.1 Å². The van der Waals surface area contributed by atoms with Gasteiger partial charge >= 0.3 is 0 Å². The van der Waals surface area contributed by atoms with Crippen molar-refractivity contribution in [1.82, 2.24) is 0 Å². The molecule has 2 fully saturated rings. The zero-order valence-corrected chi connectivity index (χ0v) is 14.9. The maximum atomic E-state index is 5.63. The summed E-state index contributed by atoms with van der Waals surface area (Å²) in [5.41, 5.74) is 4.88. The largest absolute Gasteiger partial charge is 0.388 e. The molecule has 0 aliphatic carbocycles. The van der Waals surface area contributed by atoms with Crippen molar-refractivity contribution in [2.75, 3.05) is 37.9 Å². The number of ether oxygens (including phenoxy) is 2. The lowest BCUT2D eigenvalue weighted by Gasteiger charge is -2.35. The zero-order chi connectivity index (χ0) is 17.3. The minimum atomic E-state index is -0.0686. The maximum absolute atomic E-state index is 5.63. The third-order valence-electron chi connectivity index (χ3n) is 5.41. The molecule has 132 valence electrons. The van der Waals surface area contributed by atoms with E-state index in [0.29, 0.717) is 12.2 Å². The number of benzene rings is 2. The lowest BCUT2D eigenvalue weighted by Crippen LogP contribution is -2.31. The first-order chi connectivity index (χ1) is 12.2. The van der Waals surface area contributed by atoms with Crippen LogP contribution in [0.4, 0.5) is 11.4 Å². The van der Waals surface area contributed by atoms with E-state index in [4.69, 9.17) is 9.47 Å². The molecule has 0 bridgehead atoms. The average molecular weight is 338 g/mol. The van der Waals surface area contributed by atoms with Crippen LogP contribution in [0.3, 0.4) is 0 Å². The molecule has 2 heterocycles. The van der Waals surface area contributed by atoms with Gasteiger partial charge in [-0.05, 0) is 48.2 Å². The monoisotopic (exact) mass is 338 g/mol. The lowest BCUT2D eigenvalue weighted by atomic mass is 9.68. The third-order valence-corrected chi connectivity index (χ3v) is 5.41. The summed E-state index contributed by atoms with van der Waals surface area (Å²) in [4.78, 5) is 0. The molecule has 4 heteroatoms. The Morgan fingerprint density at radius 3 is 1.40 bits per heavy atom. The molecule has 2 aromatic rings. The maximum Gasteiger partial charge on any atom is 0.0821 e. The fourth-order valence-electron chi connectivity index (χ4n) is 3.78. The molecular weight excluding hydrogens is 312 g/mol. The molecule has 0 aromatic heterocycles. The molecule has 0 spiro atoms. The molecule has 2 atom stereocenters. The van der Waals surface area contributed by atoms with Crippen LogP contribution in [-0.4, -0.2) is 39.5 Å². The topological polar surface area (TPSA) is 49.1 Å². The number of hydrogen-bond acceptors (Lipinski definition) is 4. The lowest BCUT2D eigenvalue weighted by molar-refractivity contribution is 0.300. The van der Waals surface area contributed by atoms with E-state index in [-0.39, 0.29) is 5.41 Å². The first-order valence-electron chi connectivity index (χ1n) is 9.03. The number of nitrogens with one attached hydrogen (secondary N) is 2. The van der Waals surface area contributed by atoms with Gasteiger partial charge in [0.05, 0.1) is 25.4 Å². The van der Waals surface area contributed by atoms with Crippen molar-refractivity contribution in [1.29, 1.82) is 0 Å². The Hall–Kier alpha value is -2.04. The van der Waals surface area contributed by atoms with Gasteiger partial charge in [0, 0.05) is 30.9 Å². The fraction of sp³-hybridized carbons (Fsp3) is 0.429. The van der Waals surface area contributed by atoms with Gasteiger partial charge in [-0.3, -0.25) is 0 Å². The fourth-order valence-corrected chi connectivity index (χ4v) is 3.78. The van der Waals surface area contributed by atoms with Crippen molar-refractivity contribution in [2.45, 2.75) is 30.5 Å². The number of epoxide rings is 2.